The zero-order valence-electron chi connectivity index (χ0n) is 17.6. The van der Waals surface area contributed by atoms with Gasteiger partial charge in [-0.1, -0.05) is 12.8 Å². The molecule has 0 bridgehead atoms. The van der Waals surface area contributed by atoms with Gasteiger partial charge < -0.3 is 25.6 Å². The molecular weight excluding hydrogens is 457 g/mol. The molecule has 0 radical (unpaired) electrons. The number of alkyl carbamates (subject to hydrolysis) is 1. The van der Waals surface area contributed by atoms with E-state index in [2.05, 4.69) is 25.8 Å². The third kappa shape index (κ3) is 14.9. The van der Waals surface area contributed by atoms with Gasteiger partial charge in [0.05, 0.1) is 0 Å². The molecule has 0 unspecified atom stereocenters. The lowest BCUT2D eigenvalue weighted by Crippen LogP contribution is -2.42. The first-order valence-corrected chi connectivity index (χ1v) is 10.0. The minimum Gasteiger partial charge on any atom is -0.444 e. The second-order valence-electron chi connectivity index (χ2n) is 7.82. The number of halogens is 1. The summed E-state index contributed by atoms with van der Waals surface area (Å²) in [7, 11) is 1.76. The summed E-state index contributed by atoms with van der Waals surface area (Å²) in [6.45, 7) is 11.4. The molecule has 8 heteroatoms. The predicted octanol–water partition coefficient (Wildman–Crippen LogP) is 2.95. The van der Waals surface area contributed by atoms with Gasteiger partial charge in [-0.3, -0.25) is 4.99 Å². The van der Waals surface area contributed by atoms with E-state index < -0.39 is 11.7 Å². The van der Waals surface area contributed by atoms with E-state index >= 15 is 0 Å². The first-order valence-electron chi connectivity index (χ1n) is 10.0. The van der Waals surface area contributed by atoms with Crippen LogP contribution in [0.2, 0.25) is 0 Å². The van der Waals surface area contributed by atoms with E-state index in [-0.39, 0.29) is 24.0 Å². The number of piperidine rings is 1. The van der Waals surface area contributed by atoms with Crippen molar-refractivity contribution in [1.82, 2.24) is 20.9 Å². The van der Waals surface area contributed by atoms with Crippen molar-refractivity contribution in [3.8, 4) is 0 Å². The van der Waals surface area contributed by atoms with Crippen LogP contribution in [0, 0.1) is 0 Å². The Morgan fingerprint density at radius 1 is 0.963 bits per heavy atom. The molecule has 0 saturated carbocycles. The van der Waals surface area contributed by atoms with Gasteiger partial charge in [-0.25, -0.2) is 4.79 Å². The minimum atomic E-state index is -0.469. The molecule has 0 atom stereocenters. The Bertz CT molecular complexity index is 421. The topological polar surface area (TPSA) is 78.0 Å². The quantitative estimate of drug-likeness (QED) is 0.198. The first kappa shape index (κ1) is 26.2. The number of nitrogens with one attached hydrogen (secondary N) is 3. The van der Waals surface area contributed by atoms with Crippen LogP contribution in [0.3, 0.4) is 0 Å². The molecular formula is C19H40IN5O2. The van der Waals surface area contributed by atoms with Crippen LogP contribution in [-0.2, 0) is 4.74 Å². The molecule has 1 fully saturated rings. The lowest BCUT2D eigenvalue weighted by Gasteiger charge is -2.26. The molecule has 27 heavy (non-hydrogen) atoms. The summed E-state index contributed by atoms with van der Waals surface area (Å²) in [5, 5.41) is 9.23. The molecule has 0 aromatic heterocycles. The number of carbonyl (C=O) groups is 1. The molecule has 3 N–H and O–H groups in total. The second kappa shape index (κ2) is 15.2. The number of hydrogen-bond donors (Lipinski definition) is 3. The van der Waals surface area contributed by atoms with Crippen molar-refractivity contribution in [2.45, 2.75) is 64.9 Å². The Balaban J connectivity index is 0.00000676. The largest absolute Gasteiger partial charge is 0.444 e. The highest BCUT2D eigenvalue weighted by Crippen LogP contribution is 2.09. The summed E-state index contributed by atoms with van der Waals surface area (Å²) in [4.78, 5) is 18.3. The van der Waals surface area contributed by atoms with E-state index in [0.29, 0.717) is 13.1 Å². The maximum atomic E-state index is 11.5. The van der Waals surface area contributed by atoms with E-state index in [4.69, 9.17) is 4.74 Å². The Morgan fingerprint density at radius 2 is 1.59 bits per heavy atom. The fraction of sp³-hybridized carbons (Fsp3) is 0.895. The summed E-state index contributed by atoms with van der Waals surface area (Å²) in [5.41, 5.74) is -0.469. The number of nitrogens with zero attached hydrogens (tertiary/aromatic N) is 2. The first-order chi connectivity index (χ1) is 12.4. The van der Waals surface area contributed by atoms with E-state index in [0.717, 1.165) is 18.9 Å². The monoisotopic (exact) mass is 497 g/mol. The van der Waals surface area contributed by atoms with Gasteiger partial charge in [0.1, 0.15) is 5.60 Å². The number of carbonyl (C=O) groups excluding carboxylic acids is 1. The summed E-state index contributed by atoms with van der Waals surface area (Å²) >= 11 is 0. The standard InChI is InChI=1S/C19H39N5O2.HI/c1-19(2,3)26-18(25)23-13-12-22-17(20-4)21-11-7-5-8-14-24-15-9-6-10-16-24;/h5-16H2,1-4H3,(H,23,25)(H2,20,21,22);1H. The van der Waals surface area contributed by atoms with E-state index in [9.17, 15) is 4.79 Å². The Labute approximate surface area is 182 Å². The lowest BCUT2D eigenvalue weighted by molar-refractivity contribution is 0.0529. The van der Waals surface area contributed by atoms with E-state index in [1.54, 1.807) is 7.05 Å². The van der Waals surface area contributed by atoms with Gasteiger partial charge in [-0.05, 0) is 66.1 Å². The zero-order chi connectivity index (χ0) is 19.3. The van der Waals surface area contributed by atoms with Crippen LogP contribution in [-0.4, -0.2) is 68.9 Å². The minimum absolute atomic E-state index is 0. The maximum Gasteiger partial charge on any atom is 0.407 e. The van der Waals surface area contributed by atoms with Gasteiger partial charge in [0, 0.05) is 26.7 Å². The van der Waals surface area contributed by atoms with Gasteiger partial charge in [-0.15, -0.1) is 24.0 Å². The van der Waals surface area contributed by atoms with Gasteiger partial charge in [0.15, 0.2) is 5.96 Å². The van der Waals surface area contributed by atoms with E-state index in [1.807, 2.05) is 20.8 Å². The molecule has 1 heterocycles. The Hall–Kier alpha value is -0.770. The zero-order valence-corrected chi connectivity index (χ0v) is 19.9. The van der Waals surface area contributed by atoms with Crippen LogP contribution < -0.4 is 16.0 Å². The molecule has 1 aliphatic heterocycles. The number of ether oxygens (including phenoxy) is 1. The molecule has 1 amide bonds. The van der Waals surface area contributed by atoms with Crippen molar-refractivity contribution in [1.29, 1.82) is 0 Å². The molecule has 1 saturated heterocycles. The van der Waals surface area contributed by atoms with E-state index in [1.165, 1.54) is 51.7 Å². The number of guanidine groups is 1. The van der Waals surface area contributed by atoms with Crippen LogP contribution >= 0.6 is 24.0 Å². The number of rotatable bonds is 9. The van der Waals surface area contributed by atoms with Crippen molar-refractivity contribution < 1.29 is 9.53 Å². The Kier molecular flexibility index (Phi) is 14.8. The number of likely N-dealkylation sites (tertiary alicyclic amines) is 1. The highest BCUT2D eigenvalue weighted by atomic mass is 127. The Morgan fingerprint density at radius 3 is 2.22 bits per heavy atom. The predicted molar refractivity (Wildman–Crippen MR) is 123 cm³/mol. The van der Waals surface area contributed by atoms with Gasteiger partial charge in [-0.2, -0.15) is 0 Å². The maximum absolute atomic E-state index is 11.5. The molecule has 0 aliphatic carbocycles. The van der Waals surface area contributed by atoms with Crippen molar-refractivity contribution in [3.63, 3.8) is 0 Å². The van der Waals surface area contributed by atoms with Crippen molar-refractivity contribution in [2.75, 3.05) is 46.3 Å². The highest BCUT2D eigenvalue weighted by Gasteiger charge is 2.15. The number of amides is 1. The molecule has 160 valence electrons. The number of aliphatic imine (C=N–C) groups is 1. The molecule has 1 rings (SSSR count). The normalized spacial score (nSPS) is 15.6. The highest BCUT2D eigenvalue weighted by molar-refractivity contribution is 14.0. The van der Waals surface area contributed by atoms with Crippen LogP contribution in [0.4, 0.5) is 4.79 Å². The molecule has 0 spiro atoms. The van der Waals surface area contributed by atoms with Gasteiger partial charge >= 0.3 is 6.09 Å². The summed E-state index contributed by atoms with van der Waals surface area (Å²) in [6, 6.07) is 0. The second-order valence-corrected chi connectivity index (χ2v) is 7.82. The van der Waals surface area contributed by atoms with Crippen molar-refractivity contribution in [2.24, 2.45) is 4.99 Å². The SMILES string of the molecule is CN=C(NCCCCCN1CCCCC1)NCCNC(=O)OC(C)(C)C.I. The number of hydrogen-bond acceptors (Lipinski definition) is 4. The summed E-state index contributed by atoms with van der Waals surface area (Å²) < 4.78 is 5.19. The molecule has 0 aromatic rings. The van der Waals surface area contributed by atoms with Crippen LogP contribution in [0.15, 0.2) is 4.99 Å². The average Bonchev–Trinajstić information content (AvgIpc) is 2.59. The third-order valence-corrected chi connectivity index (χ3v) is 4.20. The molecule has 7 nitrogen and oxygen atoms in total. The third-order valence-electron chi connectivity index (χ3n) is 4.20. The average molecular weight is 497 g/mol. The van der Waals surface area contributed by atoms with Crippen LogP contribution in [0.5, 0.6) is 0 Å². The van der Waals surface area contributed by atoms with Crippen molar-refractivity contribution >= 4 is 36.0 Å². The molecule has 0 aromatic carbocycles. The van der Waals surface area contributed by atoms with Gasteiger partial charge in [0.25, 0.3) is 0 Å². The fourth-order valence-corrected chi connectivity index (χ4v) is 2.91. The smallest absolute Gasteiger partial charge is 0.407 e. The van der Waals surface area contributed by atoms with Gasteiger partial charge in [0.2, 0.25) is 0 Å². The molecule has 1 aliphatic rings. The summed E-state index contributed by atoms with van der Waals surface area (Å²) in [5.74, 6) is 0.770. The van der Waals surface area contributed by atoms with Crippen molar-refractivity contribution in [3.05, 3.63) is 0 Å². The lowest BCUT2D eigenvalue weighted by atomic mass is 10.1. The van der Waals surface area contributed by atoms with Crippen LogP contribution in [0.1, 0.15) is 59.3 Å². The number of unbranched alkanes of at least 4 members (excludes halogenated alkanes) is 2. The summed E-state index contributed by atoms with van der Waals surface area (Å²) in [6.07, 6.45) is 7.40. The fourth-order valence-electron chi connectivity index (χ4n) is 2.91. The van der Waals surface area contributed by atoms with Crippen LogP contribution in [0.25, 0.3) is 0 Å².